The minimum atomic E-state index is -0.924. The molecule has 1 amide bonds. The number of ether oxygens (including phenoxy) is 1. The normalized spacial score (nSPS) is 17.6. The molecule has 1 fully saturated rings. The van der Waals surface area contributed by atoms with E-state index in [1.54, 1.807) is 36.4 Å². The molecule has 0 aliphatic carbocycles. The van der Waals surface area contributed by atoms with Gasteiger partial charge in [-0.25, -0.2) is 0 Å². The summed E-state index contributed by atoms with van der Waals surface area (Å²) in [4.78, 5) is 28.0. The number of halogens is 1. The Labute approximate surface area is 197 Å². The molecule has 1 saturated heterocycles. The van der Waals surface area contributed by atoms with Gasteiger partial charge in [-0.15, -0.1) is 0 Å². The summed E-state index contributed by atoms with van der Waals surface area (Å²) in [6, 6.07) is 20.5. The van der Waals surface area contributed by atoms with Crippen LogP contribution < -0.4 is 9.64 Å². The molecule has 5 rings (SSSR count). The molecule has 3 aromatic carbocycles. The number of anilines is 1. The van der Waals surface area contributed by atoms with Crippen LogP contribution in [0, 0.1) is 0 Å². The number of nitrogens with zero attached hydrogens (tertiary/aromatic N) is 1. The summed E-state index contributed by atoms with van der Waals surface area (Å²) in [5.74, 6) is -0.863. The number of hydrogen-bond donors (Lipinski definition) is 1. The van der Waals surface area contributed by atoms with Crippen molar-refractivity contribution in [1.82, 2.24) is 0 Å². The van der Waals surface area contributed by atoms with Crippen molar-refractivity contribution in [3.63, 3.8) is 0 Å². The predicted octanol–water partition coefficient (Wildman–Crippen LogP) is 5.83. The Morgan fingerprint density at radius 1 is 1.03 bits per heavy atom. The standard InChI is InChI=1S/C26H18BrNO5/c1-32-20-12-11-16(14-18(20)27)24(29)22-23(21-10-5-13-33-21)28(26(31)25(22)30)19-9-4-7-15-6-2-3-8-17(15)19/h2-14,23,29H,1H3/b24-22-. The topological polar surface area (TPSA) is 80.0 Å². The number of ketones is 1. The highest BCUT2D eigenvalue weighted by Crippen LogP contribution is 2.44. The van der Waals surface area contributed by atoms with Crippen LogP contribution >= 0.6 is 15.9 Å². The Morgan fingerprint density at radius 3 is 2.55 bits per heavy atom. The van der Waals surface area contributed by atoms with E-state index in [1.807, 2.05) is 36.4 Å². The lowest BCUT2D eigenvalue weighted by Crippen LogP contribution is -2.29. The number of Topliss-reactive ketones (excluding diaryl/α,β-unsaturated/α-hetero) is 1. The maximum Gasteiger partial charge on any atom is 0.300 e. The van der Waals surface area contributed by atoms with Crippen LogP contribution in [0.3, 0.4) is 0 Å². The van der Waals surface area contributed by atoms with Gasteiger partial charge in [0.1, 0.15) is 23.3 Å². The van der Waals surface area contributed by atoms with Gasteiger partial charge in [-0.3, -0.25) is 14.5 Å². The van der Waals surface area contributed by atoms with E-state index in [4.69, 9.17) is 9.15 Å². The van der Waals surface area contributed by atoms with Crippen molar-refractivity contribution < 1.29 is 23.8 Å². The summed E-state index contributed by atoms with van der Waals surface area (Å²) in [7, 11) is 1.53. The highest BCUT2D eigenvalue weighted by Gasteiger charge is 2.48. The van der Waals surface area contributed by atoms with Crippen LogP contribution in [-0.4, -0.2) is 23.9 Å². The van der Waals surface area contributed by atoms with Crippen molar-refractivity contribution >= 4 is 49.8 Å². The van der Waals surface area contributed by atoms with Crippen LogP contribution in [0.4, 0.5) is 5.69 Å². The molecule has 0 saturated carbocycles. The van der Waals surface area contributed by atoms with Gasteiger partial charge >= 0.3 is 0 Å². The summed E-state index contributed by atoms with van der Waals surface area (Å²) in [6.45, 7) is 0. The Balaban J connectivity index is 1.74. The second kappa shape index (κ2) is 8.26. The lowest BCUT2D eigenvalue weighted by atomic mass is 9.98. The Bertz CT molecular complexity index is 1420. The van der Waals surface area contributed by atoms with Gasteiger partial charge < -0.3 is 14.3 Å². The average molecular weight is 504 g/mol. The minimum absolute atomic E-state index is 0.0417. The van der Waals surface area contributed by atoms with E-state index in [9.17, 15) is 14.7 Å². The number of rotatable bonds is 4. The molecule has 1 atom stereocenters. The highest BCUT2D eigenvalue weighted by atomic mass is 79.9. The largest absolute Gasteiger partial charge is 0.507 e. The molecule has 1 aliphatic rings. The molecule has 4 aromatic rings. The van der Waals surface area contributed by atoms with Gasteiger partial charge in [0.2, 0.25) is 0 Å². The van der Waals surface area contributed by atoms with E-state index in [2.05, 4.69) is 15.9 Å². The van der Waals surface area contributed by atoms with E-state index >= 15 is 0 Å². The number of aliphatic hydroxyl groups is 1. The van der Waals surface area contributed by atoms with Gasteiger partial charge in [-0.1, -0.05) is 36.4 Å². The number of carbonyl (C=O) groups is 2. The molecule has 0 spiro atoms. The van der Waals surface area contributed by atoms with Crippen molar-refractivity contribution in [2.75, 3.05) is 12.0 Å². The Morgan fingerprint density at radius 2 is 1.82 bits per heavy atom. The van der Waals surface area contributed by atoms with Crippen LogP contribution in [0.5, 0.6) is 5.75 Å². The van der Waals surface area contributed by atoms with E-state index in [0.717, 1.165) is 10.8 Å². The zero-order valence-corrected chi connectivity index (χ0v) is 19.1. The van der Waals surface area contributed by atoms with Gasteiger partial charge in [0.15, 0.2) is 0 Å². The monoisotopic (exact) mass is 503 g/mol. The molecule has 1 unspecified atom stereocenters. The number of aliphatic hydroxyl groups excluding tert-OH is 1. The zero-order chi connectivity index (χ0) is 23.1. The maximum absolute atomic E-state index is 13.3. The first-order valence-electron chi connectivity index (χ1n) is 10.2. The van der Waals surface area contributed by atoms with E-state index in [1.165, 1.54) is 18.3 Å². The third-order valence-corrected chi connectivity index (χ3v) is 6.33. The number of amides is 1. The van der Waals surface area contributed by atoms with E-state index in [-0.39, 0.29) is 11.3 Å². The molecule has 33 heavy (non-hydrogen) atoms. The van der Waals surface area contributed by atoms with Crippen LogP contribution in [-0.2, 0) is 9.59 Å². The first kappa shape index (κ1) is 21.0. The summed E-state index contributed by atoms with van der Waals surface area (Å²) in [5.41, 5.74) is 0.890. The Hall–Kier alpha value is -3.84. The number of fused-ring (bicyclic) bond motifs is 1. The Kier molecular flexibility index (Phi) is 5.26. The van der Waals surface area contributed by atoms with Crippen molar-refractivity contribution in [2.24, 2.45) is 0 Å². The zero-order valence-electron chi connectivity index (χ0n) is 17.5. The van der Waals surface area contributed by atoms with Gasteiger partial charge in [-0.05, 0) is 57.7 Å². The quantitative estimate of drug-likeness (QED) is 0.215. The maximum atomic E-state index is 13.3. The van der Waals surface area contributed by atoms with E-state index < -0.39 is 17.7 Å². The number of methoxy groups -OCH3 is 1. The molecule has 7 heteroatoms. The summed E-state index contributed by atoms with van der Waals surface area (Å²) in [5, 5.41) is 13.0. The smallest absolute Gasteiger partial charge is 0.300 e. The SMILES string of the molecule is COc1ccc(/C(O)=C2/C(=O)C(=O)N(c3cccc4ccccc34)C2c2ccco2)cc1Br. The number of hydrogen-bond acceptors (Lipinski definition) is 5. The summed E-state index contributed by atoms with van der Waals surface area (Å²) >= 11 is 3.40. The van der Waals surface area contributed by atoms with Crippen molar-refractivity contribution in [3.05, 3.63) is 100 Å². The second-order valence-corrected chi connectivity index (χ2v) is 8.39. The van der Waals surface area contributed by atoms with Crippen molar-refractivity contribution in [2.45, 2.75) is 6.04 Å². The molecule has 0 radical (unpaired) electrons. The molecule has 164 valence electrons. The number of benzene rings is 3. The third kappa shape index (κ3) is 3.41. The molecule has 1 N–H and O–H groups in total. The fourth-order valence-corrected chi connectivity index (χ4v) is 4.73. The summed E-state index contributed by atoms with van der Waals surface area (Å²) in [6.07, 6.45) is 1.47. The van der Waals surface area contributed by atoms with Gasteiger partial charge in [0, 0.05) is 10.9 Å². The van der Waals surface area contributed by atoms with Gasteiger partial charge in [-0.2, -0.15) is 0 Å². The van der Waals surface area contributed by atoms with Gasteiger partial charge in [0.05, 0.1) is 29.1 Å². The van der Waals surface area contributed by atoms with Crippen LogP contribution in [0.2, 0.25) is 0 Å². The lowest BCUT2D eigenvalue weighted by molar-refractivity contribution is -0.132. The molecule has 0 bridgehead atoms. The van der Waals surface area contributed by atoms with Crippen molar-refractivity contribution in [1.29, 1.82) is 0 Å². The van der Waals surface area contributed by atoms with Gasteiger partial charge in [0.25, 0.3) is 11.7 Å². The second-order valence-electron chi connectivity index (χ2n) is 7.53. The minimum Gasteiger partial charge on any atom is -0.507 e. The fraction of sp³-hybridized carbons (Fsp3) is 0.0769. The third-order valence-electron chi connectivity index (χ3n) is 5.71. The number of furan rings is 1. The highest BCUT2D eigenvalue weighted by molar-refractivity contribution is 9.10. The molecule has 2 heterocycles. The average Bonchev–Trinajstić information content (AvgIpc) is 3.45. The molecule has 6 nitrogen and oxygen atoms in total. The molecule has 1 aromatic heterocycles. The summed E-state index contributed by atoms with van der Waals surface area (Å²) < 4.78 is 11.5. The van der Waals surface area contributed by atoms with E-state index in [0.29, 0.717) is 27.2 Å². The first-order valence-corrected chi connectivity index (χ1v) is 11.0. The lowest BCUT2D eigenvalue weighted by Gasteiger charge is -2.24. The van der Waals surface area contributed by atoms with Crippen LogP contribution in [0.1, 0.15) is 17.4 Å². The predicted molar refractivity (Wildman–Crippen MR) is 128 cm³/mol. The molecule has 1 aliphatic heterocycles. The van der Waals surface area contributed by atoms with Crippen LogP contribution in [0.15, 0.2) is 93.5 Å². The van der Waals surface area contributed by atoms with Crippen molar-refractivity contribution in [3.8, 4) is 5.75 Å². The van der Waals surface area contributed by atoms with Crippen LogP contribution in [0.25, 0.3) is 16.5 Å². The molecular weight excluding hydrogens is 486 g/mol. The number of carbonyl (C=O) groups excluding carboxylic acids is 2. The first-order chi connectivity index (χ1) is 16.0. The molecular formula is C26H18BrNO5. The fourth-order valence-electron chi connectivity index (χ4n) is 4.18.